The number of amides is 1. The third kappa shape index (κ3) is 5.59. The fourth-order valence-electron chi connectivity index (χ4n) is 3.41. The van der Waals surface area contributed by atoms with E-state index in [9.17, 15) is 4.79 Å². The Morgan fingerprint density at radius 3 is 2.43 bits per heavy atom. The first-order chi connectivity index (χ1) is 10.2. The van der Waals surface area contributed by atoms with Gasteiger partial charge in [-0.2, -0.15) is 0 Å². The summed E-state index contributed by atoms with van der Waals surface area (Å²) in [5.74, 6) is 0.335. The monoisotopic (exact) mass is 295 g/mol. The maximum Gasteiger partial charge on any atom is 0.236 e. The number of nitrogens with zero attached hydrogens (tertiary/aromatic N) is 2. The van der Waals surface area contributed by atoms with Gasteiger partial charge >= 0.3 is 0 Å². The van der Waals surface area contributed by atoms with Crippen molar-refractivity contribution in [3.05, 3.63) is 0 Å². The normalized spacial score (nSPS) is 24.4. The summed E-state index contributed by atoms with van der Waals surface area (Å²) < 4.78 is 0. The lowest BCUT2D eigenvalue weighted by atomic mass is 10.0. The number of carbonyl (C=O) groups is 1. The summed E-state index contributed by atoms with van der Waals surface area (Å²) in [5.41, 5.74) is 0. The molecular formula is C17H33N3O. The smallest absolute Gasteiger partial charge is 0.236 e. The van der Waals surface area contributed by atoms with Crippen LogP contribution in [0.2, 0.25) is 0 Å². The van der Waals surface area contributed by atoms with Crippen molar-refractivity contribution in [1.29, 1.82) is 0 Å². The first-order valence-corrected chi connectivity index (χ1v) is 8.92. The zero-order valence-electron chi connectivity index (χ0n) is 13.9. The lowest BCUT2D eigenvalue weighted by Crippen LogP contribution is -2.49. The van der Waals surface area contributed by atoms with Crippen molar-refractivity contribution < 1.29 is 4.79 Å². The standard InChI is InChI=1S/C17H33N3O/c1-15(2)20(13-16-9-5-6-10-18-16)14-17(21)19-11-7-3-4-8-12-19/h15-16,18H,3-14H2,1-2H3. The predicted octanol–water partition coefficient (Wildman–Crippen LogP) is 2.24. The van der Waals surface area contributed by atoms with Gasteiger partial charge < -0.3 is 10.2 Å². The van der Waals surface area contributed by atoms with Crippen molar-refractivity contribution in [1.82, 2.24) is 15.1 Å². The predicted molar refractivity (Wildman–Crippen MR) is 87.4 cm³/mol. The Kier molecular flexibility index (Phi) is 6.97. The van der Waals surface area contributed by atoms with E-state index in [1.54, 1.807) is 0 Å². The third-order valence-electron chi connectivity index (χ3n) is 4.89. The molecule has 122 valence electrons. The van der Waals surface area contributed by atoms with E-state index in [1.807, 2.05) is 0 Å². The fraction of sp³-hybridized carbons (Fsp3) is 0.941. The van der Waals surface area contributed by atoms with Crippen LogP contribution in [0, 0.1) is 0 Å². The summed E-state index contributed by atoms with van der Waals surface area (Å²) in [7, 11) is 0. The Labute approximate surface area is 130 Å². The molecule has 2 rings (SSSR count). The van der Waals surface area contributed by atoms with Crippen molar-refractivity contribution in [3.8, 4) is 0 Å². The molecular weight excluding hydrogens is 262 g/mol. The highest BCUT2D eigenvalue weighted by molar-refractivity contribution is 5.78. The van der Waals surface area contributed by atoms with Gasteiger partial charge in [0.2, 0.25) is 5.91 Å². The van der Waals surface area contributed by atoms with Crippen LogP contribution in [0.5, 0.6) is 0 Å². The van der Waals surface area contributed by atoms with Crippen molar-refractivity contribution >= 4 is 5.91 Å². The highest BCUT2D eigenvalue weighted by Crippen LogP contribution is 2.13. The average molecular weight is 295 g/mol. The summed E-state index contributed by atoms with van der Waals surface area (Å²) in [6.45, 7) is 9.08. The Morgan fingerprint density at radius 2 is 1.86 bits per heavy atom. The number of hydrogen-bond acceptors (Lipinski definition) is 3. The first-order valence-electron chi connectivity index (χ1n) is 8.92. The molecule has 4 nitrogen and oxygen atoms in total. The van der Waals surface area contributed by atoms with Crippen LogP contribution in [0.1, 0.15) is 58.8 Å². The van der Waals surface area contributed by atoms with E-state index in [1.165, 1.54) is 44.9 Å². The van der Waals surface area contributed by atoms with Crippen LogP contribution in [0.3, 0.4) is 0 Å². The fourth-order valence-corrected chi connectivity index (χ4v) is 3.41. The highest BCUT2D eigenvalue weighted by Gasteiger charge is 2.23. The summed E-state index contributed by atoms with van der Waals surface area (Å²) in [6, 6.07) is 1.00. The van der Waals surface area contributed by atoms with Crippen molar-refractivity contribution in [2.45, 2.75) is 70.9 Å². The number of hydrogen-bond donors (Lipinski definition) is 1. The second kappa shape index (κ2) is 8.74. The lowest BCUT2D eigenvalue weighted by molar-refractivity contribution is -0.133. The van der Waals surface area contributed by atoms with E-state index in [2.05, 4.69) is 29.0 Å². The van der Waals surface area contributed by atoms with Crippen LogP contribution in [0.15, 0.2) is 0 Å². The molecule has 2 saturated heterocycles. The van der Waals surface area contributed by atoms with Gasteiger partial charge in [-0.05, 0) is 46.1 Å². The zero-order chi connectivity index (χ0) is 15.1. The SMILES string of the molecule is CC(C)N(CC(=O)N1CCCCCC1)CC1CCCCN1. The number of piperidine rings is 1. The van der Waals surface area contributed by atoms with Crippen LogP contribution in [-0.4, -0.2) is 60.5 Å². The van der Waals surface area contributed by atoms with Crippen LogP contribution >= 0.6 is 0 Å². The molecule has 0 saturated carbocycles. The average Bonchev–Trinajstić information content (AvgIpc) is 2.76. The van der Waals surface area contributed by atoms with Crippen LogP contribution in [0.4, 0.5) is 0 Å². The maximum atomic E-state index is 12.6. The van der Waals surface area contributed by atoms with E-state index in [4.69, 9.17) is 0 Å². The molecule has 4 heteroatoms. The van der Waals surface area contributed by atoms with E-state index in [0.29, 0.717) is 24.5 Å². The molecule has 0 spiro atoms. The van der Waals surface area contributed by atoms with Gasteiger partial charge in [0.1, 0.15) is 0 Å². The summed E-state index contributed by atoms with van der Waals surface area (Å²) in [4.78, 5) is 17.0. The molecule has 1 atom stereocenters. The van der Waals surface area contributed by atoms with Crippen molar-refractivity contribution in [3.63, 3.8) is 0 Å². The molecule has 0 aromatic heterocycles. The summed E-state index contributed by atoms with van der Waals surface area (Å²) >= 11 is 0. The minimum atomic E-state index is 0.335. The Hall–Kier alpha value is -0.610. The Balaban J connectivity index is 1.84. The molecule has 1 amide bonds. The minimum Gasteiger partial charge on any atom is -0.342 e. The first kappa shape index (κ1) is 16.8. The summed E-state index contributed by atoms with van der Waals surface area (Å²) in [6.07, 6.45) is 8.79. The molecule has 1 N–H and O–H groups in total. The number of carbonyl (C=O) groups excluding carboxylic acids is 1. The van der Waals surface area contributed by atoms with Crippen LogP contribution in [0.25, 0.3) is 0 Å². The molecule has 0 aliphatic carbocycles. The van der Waals surface area contributed by atoms with Gasteiger partial charge in [0.15, 0.2) is 0 Å². The molecule has 0 aromatic carbocycles. The second-order valence-electron chi connectivity index (χ2n) is 6.97. The van der Waals surface area contributed by atoms with Crippen LogP contribution < -0.4 is 5.32 Å². The van der Waals surface area contributed by atoms with Gasteiger partial charge in [0, 0.05) is 31.7 Å². The highest BCUT2D eigenvalue weighted by atomic mass is 16.2. The molecule has 21 heavy (non-hydrogen) atoms. The number of rotatable bonds is 5. The lowest BCUT2D eigenvalue weighted by Gasteiger charge is -2.34. The van der Waals surface area contributed by atoms with Gasteiger partial charge in [-0.1, -0.05) is 19.3 Å². The van der Waals surface area contributed by atoms with Crippen LogP contribution in [-0.2, 0) is 4.79 Å². The Bertz CT molecular complexity index is 305. The molecule has 2 heterocycles. The molecule has 0 bridgehead atoms. The molecule has 1 unspecified atom stereocenters. The Morgan fingerprint density at radius 1 is 1.14 bits per heavy atom. The molecule has 2 aliphatic rings. The van der Waals surface area contributed by atoms with Crippen molar-refractivity contribution in [2.75, 3.05) is 32.7 Å². The topological polar surface area (TPSA) is 35.6 Å². The maximum absolute atomic E-state index is 12.6. The minimum absolute atomic E-state index is 0.335. The molecule has 0 aromatic rings. The number of nitrogens with one attached hydrogen (secondary N) is 1. The van der Waals surface area contributed by atoms with Gasteiger partial charge in [-0.3, -0.25) is 9.69 Å². The van der Waals surface area contributed by atoms with Crippen molar-refractivity contribution in [2.24, 2.45) is 0 Å². The quantitative estimate of drug-likeness (QED) is 0.845. The van der Waals surface area contributed by atoms with Gasteiger partial charge in [-0.25, -0.2) is 0 Å². The van der Waals surface area contributed by atoms with E-state index in [0.717, 1.165) is 26.2 Å². The van der Waals surface area contributed by atoms with Gasteiger partial charge in [0.05, 0.1) is 6.54 Å². The van der Waals surface area contributed by atoms with Gasteiger partial charge in [0.25, 0.3) is 0 Å². The third-order valence-corrected chi connectivity index (χ3v) is 4.89. The summed E-state index contributed by atoms with van der Waals surface area (Å²) in [5, 5.41) is 3.60. The zero-order valence-corrected chi connectivity index (χ0v) is 13.9. The van der Waals surface area contributed by atoms with E-state index < -0.39 is 0 Å². The molecule has 2 aliphatic heterocycles. The van der Waals surface area contributed by atoms with E-state index >= 15 is 0 Å². The van der Waals surface area contributed by atoms with E-state index in [-0.39, 0.29) is 0 Å². The second-order valence-corrected chi connectivity index (χ2v) is 6.97. The molecule has 0 radical (unpaired) electrons. The number of likely N-dealkylation sites (tertiary alicyclic amines) is 1. The van der Waals surface area contributed by atoms with Gasteiger partial charge in [-0.15, -0.1) is 0 Å². The molecule has 2 fully saturated rings. The largest absolute Gasteiger partial charge is 0.342 e.